The number of rotatable bonds is 3. The molecule has 1 atom stereocenters. The molecule has 144 valence electrons. The Morgan fingerprint density at radius 1 is 1.25 bits per heavy atom. The fourth-order valence-electron chi connectivity index (χ4n) is 2.91. The summed E-state index contributed by atoms with van der Waals surface area (Å²) in [6.07, 6.45) is -4.64. The first-order valence-corrected chi connectivity index (χ1v) is 8.55. The molecule has 2 amide bonds. The summed E-state index contributed by atoms with van der Waals surface area (Å²) in [6.45, 7) is -0.0318. The van der Waals surface area contributed by atoms with E-state index in [1.165, 1.54) is 35.2 Å². The van der Waals surface area contributed by atoms with Crippen LogP contribution >= 0.6 is 11.6 Å². The first-order chi connectivity index (χ1) is 13.2. The van der Waals surface area contributed by atoms with Crippen molar-refractivity contribution in [3.63, 3.8) is 0 Å². The van der Waals surface area contributed by atoms with Gasteiger partial charge in [-0.1, -0.05) is 17.7 Å². The number of alkyl halides is 3. The van der Waals surface area contributed by atoms with Gasteiger partial charge in [-0.05, 0) is 36.4 Å². The number of nitrogens with one attached hydrogen (secondary N) is 1. The first-order valence-electron chi connectivity index (χ1n) is 8.17. The molecule has 5 nitrogen and oxygen atoms in total. The second kappa shape index (κ2) is 7.52. The predicted octanol–water partition coefficient (Wildman–Crippen LogP) is 4.22. The van der Waals surface area contributed by atoms with E-state index in [4.69, 9.17) is 16.9 Å². The van der Waals surface area contributed by atoms with E-state index in [0.29, 0.717) is 5.69 Å². The van der Waals surface area contributed by atoms with E-state index >= 15 is 0 Å². The average Bonchev–Trinajstić information content (AvgIpc) is 3.03. The summed E-state index contributed by atoms with van der Waals surface area (Å²) in [4.78, 5) is 25.9. The van der Waals surface area contributed by atoms with Gasteiger partial charge in [-0.15, -0.1) is 0 Å². The zero-order valence-corrected chi connectivity index (χ0v) is 15.0. The molecule has 28 heavy (non-hydrogen) atoms. The molecule has 2 aromatic rings. The number of nitrogens with zero attached hydrogens (tertiary/aromatic N) is 2. The molecule has 1 N–H and O–H groups in total. The molecule has 9 heteroatoms. The number of amides is 2. The van der Waals surface area contributed by atoms with Gasteiger partial charge in [0.2, 0.25) is 11.8 Å². The van der Waals surface area contributed by atoms with Crippen LogP contribution in [0.1, 0.15) is 17.5 Å². The molecule has 0 aromatic heterocycles. The van der Waals surface area contributed by atoms with Gasteiger partial charge in [0.15, 0.2) is 0 Å². The number of carbonyl (C=O) groups is 2. The van der Waals surface area contributed by atoms with Crippen LogP contribution in [0, 0.1) is 17.2 Å². The second-order valence-electron chi connectivity index (χ2n) is 6.25. The molecular formula is C19H13ClF3N3O2. The highest BCUT2D eigenvalue weighted by Gasteiger charge is 2.37. The molecular weight excluding hydrogens is 395 g/mol. The fraction of sp³-hybridized carbons (Fsp3) is 0.211. The maximum atomic E-state index is 12.9. The normalized spacial score (nSPS) is 16.8. The topological polar surface area (TPSA) is 73.2 Å². The summed E-state index contributed by atoms with van der Waals surface area (Å²) >= 11 is 5.92. The van der Waals surface area contributed by atoms with Crippen molar-refractivity contribution in [2.24, 2.45) is 5.92 Å². The lowest BCUT2D eigenvalue weighted by Crippen LogP contribution is -2.28. The van der Waals surface area contributed by atoms with E-state index in [1.807, 2.05) is 6.07 Å². The molecule has 0 unspecified atom stereocenters. The summed E-state index contributed by atoms with van der Waals surface area (Å²) in [5, 5.41) is 11.7. The molecule has 0 radical (unpaired) electrons. The molecule has 1 heterocycles. The van der Waals surface area contributed by atoms with Crippen molar-refractivity contribution in [3.05, 3.63) is 58.6 Å². The zero-order chi connectivity index (χ0) is 20.5. The van der Waals surface area contributed by atoms with E-state index in [-0.39, 0.29) is 29.2 Å². The summed E-state index contributed by atoms with van der Waals surface area (Å²) in [6, 6.07) is 10.7. The Balaban J connectivity index is 1.73. The Bertz CT molecular complexity index is 985. The Kier molecular flexibility index (Phi) is 5.29. The number of benzene rings is 2. The van der Waals surface area contributed by atoms with Crippen molar-refractivity contribution in [3.8, 4) is 6.07 Å². The van der Waals surface area contributed by atoms with Crippen molar-refractivity contribution >= 4 is 34.8 Å². The average molecular weight is 408 g/mol. The predicted molar refractivity (Wildman–Crippen MR) is 96.7 cm³/mol. The largest absolute Gasteiger partial charge is 0.416 e. The molecule has 1 fully saturated rings. The lowest BCUT2D eigenvalue weighted by molar-refractivity contribution is -0.137. The monoisotopic (exact) mass is 407 g/mol. The minimum Gasteiger partial charge on any atom is -0.326 e. The summed E-state index contributed by atoms with van der Waals surface area (Å²) < 4.78 is 38.7. The third-order valence-corrected chi connectivity index (χ3v) is 4.65. The number of anilines is 2. The van der Waals surface area contributed by atoms with Gasteiger partial charge in [0, 0.05) is 24.3 Å². The van der Waals surface area contributed by atoms with Crippen LogP contribution in [-0.4, -0.2) is 18.4 Å². The van der Waals surface area contributed by atoms with Crippen LogP contribution in [-0.2, 0) is 15.8 Å². The molecule has 3 rings (SSSR count). The Morgan fingerprint density at radius 2 is 2.00 bits per heavy atom. The molecule has 0 saturated carbocycles. The zero-order valence-electron chi connectivity index (χ0n) is 14.3. The third kappa shape index (κ3) is 4.10. The lowest BCUT2D eigenvalue weighted by atomic mass is 10.1. The molecule has 1 saturated heterocycles. The van der Waals surface area contributed by atoms with Crippen LogP contribution < -0.4 is 10.2 Å². The number of halogens is 4. The van der Waals surface area contributed by atoms with Crippen molar-refractivity contribution in [2.75, 3.05) is 16.8 Å². The van der Waals surface area contributed by atoms with Gasteiger partial charge in [0.1, 0.15) is 6.07 Å². The highest BCUT2D eigenvalue weighted by Crippen LogP contribution is 2.33. The van der Waals surface area contributed by atoms with E-state index in [1.54, 1.807) is 0 Å². The van der Waals surface area contributed by atoms with Crippen molar-refractivity contribution in [1.82, 2.24) is 0 Å². The SMILES string of the molecule is N#Cc1ccc(NC(=O)[C@H]2CC(=O)N(c3cccc(C(F)(F)F)c3)C2)cc1Cl. The number of hydrogen-bond acceptors (Lipinski definition) is 3. The van der Waals surface area contributed by atoms with Gasteiger partial charge in [-0.25, -0.2) is 0 Å². The third-order valence-electron chi connectivity index (χ3n) is 4.34. The van der Waals surface area contributed by atoms with E-state index in [2.05, 4.69) is 5.32 Å². The van der Waals surface area contributed by atoms with Gasteiger partial charge in [-0.2, -0.15) is 18.4 Å². The van der Waals surface area contributed by atoms with Crippen LogP contribution in [0.25, 0.3) is 0 Å². The van der Waals surface area contributed by atoms with E-state index in [0.717, 1.165) is 12.1 Å². The van der Waals surface area contributed by atoms with Gasteiger partial charge in [0.05, 0.1) is 22.1 Å². The Morgan fingerprint density at radius 3 is 2.64 bits per heavy atom. The quantitative estimate of drug-likeness (QED) is 0.827. The second-order valence-corrected chi connectivity index (χ2v) is 6.66. The molecule has 0 aliphatic carbocycles. The van der Waals surface area contributed by atoms with Crippen molar-refractivity contribution in [1.29, 1.82) is 5.26 Å². The standard InChI is InChI=1S/C19H13ClF3N3O2/c20-16-8-14(5-4-11(16)9-24)25-18(28)12-6-17(27)26(10-12)15-3-1-2-13(7-15)19(21,22)23/h1-5,7-8,12H,6,10H2,(H,25,28)/t12-/m0/s1. The molecule has 0 bridgehead atoms. The van der Waals surface area contributed by atoms with Crippen LogP contribution in [0.2, 0.25) is 5.02 Å². The van der Waals surface area contributed by atoms with Crippen LogP contribution in [0.3, 0.4) is 0 Å². The van der Waals surface area contributed by atoms with Gasteiger partial charge in [-0.3, -0.25) is 9.59 Å². The first kappa shape index (κ1) is 19.7. The van der Waals surface area contributed by atoms with Crippen LogP contribution in [0.4, 0.5) is 24.5 Å². The number of carbonyl (C=O) groups excluding carboxylic acids is 2. The minimum atomic E-state index is -4.52. The summed E-state index contributed by atoms with van der Waals surface area (Å²) in [5.41, 5.74) is -0.153. The molecule has 0 spiro atoms. The Hall–Kier alpha value is -3.05. The van der Waals surface area contributed by atoms with Crippen LogP contribution in [0.5, 0.6) is 0 Å². The van der Waals surface area contributed by atoms with E-state index < -0.39 is 29.5 Å². The van der Waals surface area contributed by atoms with E-state index in [9.17, 15) is 22.8 Å². The minimum absolute atomic E-state index is 0.0318. The Labute approximate surface area is 163 Å². The van der Waals surface area contributed by atoms with Crippen molar-refractivity contribution < 1.29 is 22.8 Å². The number of nitriles is 1. The van der Waals surface area contributed by atoms with Gasteiger partial charge >= 0.3 is 6.18 Å². The summed E-state index contributed by atoms with van der Waals surface area (Å²) in [7, 11) is 0. The maximum absolute atomic E-state index is 12.9. The summed E-state index contributed by atoms with van der Waals surface area (Å²) in [5.74, 6) is -1.61. The van der Waals surface area contributed by atoms with Crippen LogP contribution in [0.15, 0.2) is 42.5 Å². The highest BCUT2D eigenvalue weighted by molar-refractivity contribution is 6.32. The lowest BCUT2D eigenvalue weighted by Gasteiger charge is -2.18. The molecule has 1 aliphatic heterocycles. The van der Waals surface area contributed by atoms with Gasteiger partial charge in [0.25, 0.3) is 0 Å². The fourth-order valence-corrected chi connectivity index (χ4v) is 3.13. The van der Waals surface area contributed by atoms with Gasteiger partial charge < -0.3 is 10.2 Å². The highest BCUT2D eigenvalue weighted by atomic mass is 35.5. The number of hydrogen-bond donors (Lipinski definition) is 1. The molecule has 1 aliphatic rings. The van der Waals surface area contributed by atoms with Crippen molar-refractivity contribution in [2.45, 2.75) is 12.6 Å². The smallest absolute Gasteiger partial charge is 0.326 e. The maximum Gasteiger partial charge on any atom is 0.416 e. The molecule has 2 aromatic carbocycles.